The summed E-state index contributed by atoms with van der Waals surface area (Å²) in [6.07, 6.45) is 3.46. The predicted molar refractivity (Wildman–Crippen MR) is 107 cm³/mol. The fourth-order valence-electron chi connectivity index (χ4n) is 3.74. The molecule has 0 saturated heterocycles. The average molecular weight is 374 g/mol. The topological polar surface area (TPSA) is 72.0 Å². The molecule has 0 fully saturated rings. The third-order valence-electron chi connectivity index (χ3n) is 5.23. The Hall–Kier alpha value is -3.19. The Kier molecular flexibility index (Phi) is 4.29. The minimum atomic E-state index is 0.618. The van der Waals surface area contributed by atoms with Crippen LogP contribution in [-0.4, -0.2) is 31.2 Å². The summed E-state index contributed by atoms with van der Waals surface area (Å²) in [5.41, 5.74) is 4.44. The Morgan fingerprint density at radius 1 is 1.11 bits per heavy atom. The van der Waals surface area contributed by atoms with E-state index in [0.717, 1.165) is 43.2 Å². The van der Waals surface area contributed by atoms with Gasteiger partial charge in [-0.1, -0.05) is 18.2 Å². The summed E-state index contributed by atoms with van der Waals surface area (Å²) in [6.45, 7) is 6.29. The summed E-state index contributed by atoms with van der Waals surface area (Å²) < 4.78 is 8.20. The van der Waals surface area contributed by atoms with Crippen molar-refractivity contribution in [1.82, 2.24) is 24.6 Å². The Balaban J connectivity index is 1.27. The summed E-state index contributed by atoms with van der Waals surface area (Å²) in [5, 5.41) is 9.13. The summed E-state index contributed by atoms with van der Waals surface area (Å²) in [6, 6.07) is 12.2. The minimum Gasteiger partial charge on any atom is -0.459 e. The number of rotatable bonds is 5. The third-order valence-corrected chi connectivity index (χ3v) is 5.23. The lowest BCUT2D eigenvalue weighted by Gasteiger charge is -2.26. The summed E-state index contributed by atoms with van der Waals surface area (Å²) >= 11 is 0. The summed E-state index contributed by atoms with van der Waals surface area (Å²) in [7, 11) is 0. The molecule has 1 aliphatic rings. The van der Waals surface area contributed by atoms with E-state index in [1.807, 2.05) is 12.1 Å². The largest absolute Gasteiger partial charge is 0.459 e. The molecule has 0 saturated carbocycles. The number of furan rings is 1. The van der Waals surface area contributed by atoms with Crippen molar-refractivity contribution >= 4 is 16.9 Å². The summed E-state index contributed by atoms with van der Waals surface area (Å²) in [5.74, 6) is 1.67. The van der Waals surface area contributed by atoms with Crippen LogP contribution < -0.4 is 5.32 Å². The molecule has 28 heavy (non-hydrogen) atoms. The van der Waals surface area contributed by atoms with Gasteiger partial charge in [0, 0.05) is 30.9 Å². The number of benzene rings is 1. The van der Waals surface area contributed by atoms with Crippen LogP contribution in [0.4, 0.5) is 5.95 Å². The number of fused-ring (bicyclic) bond motifs is 2. The number of nitrogens with one attached hydrogen (secondary N) is 1. The van der Waals surface area contributed by atoms with E-state index in [4.69, 9.17) is 9.52 Å². The molecule has 1 aromatic carbocycles. The molecule has 0 atom stereocenters. The molecule has 0 aliphatic carbocycles. The Morgan fingerprint density at radius 2 is 1.96 bits per heavy atom. The number of hydrogen-bond acceptors (Lipinski definition) is 6. The van der Waals surface area contributed by atoms with E-state index < -0.39 is 0 Å². The van der Waals surface area contributed by atoms with Crippen molar-refractivity contribution in [2.75, 3.05) is 11.9 Å². The lowest BCUT2D eigenvalue weighted by Crippen LogP contribution is -2.33. The normalized spacial score (nSPS) is 14.3. The van der Waals surface area contributed by atoms with Crippen LogP contribution in [0.15, 0.2) is 53.2 Å². The van der Waals surface area contributed by atoms with Gasteiger partial charge in [-0.05, 0) is 30.7 Å². The highest BCUT2D eigenvalue weighted by molar-refractivity contribution is 5.81. The maximum atomic E-state index is 6.09. The zero-order valence-electron chi connectivity index (χ0n) is 15.8. The SMILES string of the molecule is Cc1c(CN2CCn3nc(CNc4ncccn4)cc3C2)oc2ccccc12. The number of aromatic nitrogens is 4. The van der Waals surface area contributed by atoms with E-state index in [0.29, 0.717) is 12.5 Å². The van der Waals surface area contributed by atoms with Gasteiger partial charge in [-0.25, -0.2) is 9.97 Å². The van der Waals surface area contributed by atoms with Crippen LogP contribution in [0.25, 0.3) is 11.0 Å². The molecule has 7 nitrogen and oxygen atoms in total. The second-order valence-corrected chi connectivity index (χ2v) is 7.13. The smallest absolute Gasteiger partial charge is 0.222 e. The molecule has 1 aliphatic heterocycles. The van der Waals surface area contributed by atoms with Gasteiger partial charge < -0.3 is 9.73 Å². The molecule has 0 unspecified atom stereocenters. The molecule has 4 aromatic rings. The molecular formula is C21H22N6O. The van der Waals surface area contributed by atoms with Crippen LogP contribution in [0.1, 0.15) is 22.7 Å². The molecule has 0 spiro atoms. The maximum Gasteiger partial charge on any atom is 0.222 e. The average Bonchev–Trinajstić information content (AvgIpc) is 3.28. The van der Waals surface area contributed by atoms with Crippen LogP contribution in [0.5, 0.6) is 0 Å². The molecular weight excluding hydrogens is 352 g/mol. The highest BCUT2D eigenvalue weighted by Gasteiger charge is 2.21. The highest BCUT2D eigenvalue weighted by Crippen LogP contribution is 2.27. The van der Waals surface area contributed by atoms with E-state index in [1.165, 1.54) is 16.6 Å². The molecule has 0 radical (unpaired) electrons. The predicted octanol–water partition coefficient (Wildman–Crippen LogP) is 3.36. The van der Waals surface area contributed by atoms with Crippen molar-refractivity contribution < 1.29 is 4.42 Å². The molecule has 1 N–H and O–H groups in total. The van der Waals surface area contributed by atoms with Crippen LogP contribution in [0.3, 0.4) is 0 Å². The molecule has 4 heterocycles. The van der Waals surface area contributed by atoms with E-state index >= 15 is 0 Å². The van der Waals surface area contributed by atoms with Crippen molar-refractivity contribution in [2.24, 2.45) is 0 Å². The molecule has 0 bridgehead atoms. The van der Waals surface area contributed by atoms with Crippen molar-refractivity contribution in [1.29, 1.82) is 0 Å². The van der Waals surface area contributed by atoms with Crippen LogP contribution in [0.2, 0.25) is 0 Å². The zero-order valence-corrected chi connectivity index (χ0v) is 15.8. The quantitative estimate of drug-likeness (QED) is 0.578. The number of hydrogen-bond donors (Lipinski definition) is 1. The fraction of sp³-hybridized carbons (Fsp3) is 0.286. The fourth-order valence-corrected chi connectivity index (χ4v) is 3.74. The van der Waals surface area contributed by atoms with Gasteiger partial charge in [0.05, 0.1) is 31.0 Å². The number of nitrogens with zero attached hydrogens (tertiary/aromatic N) is 5. The Bertz CT molecular complexity index is 1100. The van der Waals surface area contributed by atoms with Gasteiger partial charge >= 0.3 is 0 Å². The van der Waals surface area contributed by atoms with Gasteiger partial charge in [-0.3, -0.25) is 9.58 Å². The first-order chi connectivity index (χ1) is 13.8. The lowest BCUT2D eigenvalue weighted by atomic mass is 10.1. The first-order valence-electron chi connectivity index (χ1n) is 9.52. The van der Waals surface area contributed by atoms with Crippen molar-refractivity contribution in [2.45, 2.75) is 33.1 Å². The number of anilines is 1. The number of para-hydroxylation sites is 1. The van der Waals surface area contributed by atoms with Crippen LogP contribution in [-0.2, 0) is 26.2 Å². The number of aryl methyl sites for hydroxylation is 1. The van der Waals surface area contributed by atoms with E-state index in [-0.39, 0.29) is 0 Å². The first kappa shape index (κ1) is 16.9. The standard InChI is InChI=1S/C21H22N6O/c1-15-18-5-2-3-6-19(18)28-20(15)14-26-9-10-27-17(13-26)11-16(25-27)12-24-21-22-7-4-8-23-21/h2-8,11H,9-10,12-14H2,1H3,(H,22,23,24). The van der Waals surface area contributed by atoms with Gasteiger partial charge in [0.25, 0.3) is 0 Å². The molecule has 142 valence electrons. The zero-order chi connectivity index (χ0) is 18.9. The van der Waals surface area contributed by atoms with Gasteiger partial charge in [-0.15, -0.1) is 0 Å². The van der Waals surface area contributed by atoms with Crippen molar-refractivity contribution in [3.63, 3.8) is 0 Å². The first-order valence-corrected chi connectivity index (χ1v) is 9.52. The van der Waals surface area contributed by atoms with Gasteiger partial charge in [-0.2, -0.15) is 5.10 Å². The third kappa shape index (κ3) is 3.25. The lowest BCUT2D eigenvalue weighted by molar-refractivity contribution is 0.191. The van der Waals surface area contributed by atoms with Gasteiger partial charge in [0.15, 0.2) is 0 Å². The van der Waals surface area contributed by atoms with Crippen molar-refractivity contribution in [3.05, 3.63) is 71.5 Å². The summed E-state index contributed by atoms with van der Waals surface area (Å²) in [4.78, 5) is 10.8. The Morgan fingerprint density at radius 3 is 2.82 bits per heavy atom. The van der Waals surface area contributed by atoms with Crippen LogP contribution in [0, 0.1) is 6.92 Å². The van der Waals surface area contributed by atoms with E-state index in [9.17, 15) is 0 Å². The van der Waals surface area contributed by atoms with Crippen molar-refractivity contribution in [3.8, 4) is 0 Å². The van der Waals surface area contributed by atoms with Gasteiger partial charge in [0.2, 0.25) is 5.95 Å². The molecule has 5 rings (SSSR count). The minimum absolute atomic E-state index is 0.618. The molecule has 0 amide bonds. The maximum absolute atomic E-state index is 6.09. The highest BCUT2D eigenvalue weighted by atomic mass is 16.3. The molecule has 3 aromatic heterocycles. The monoisotopic (exact) mass is 374 g/mol. The van der Waals surface area contributed by atoms with E-state index in [2.05, 4.69) is 50.0 Å². The Labute approximate surface area is 163 Å². The second-order valence-electron chi connectivity index (χ2n) is 7.13. The molecule has 7 heteroatoms. The van der Waals surface area contributed by atoms with E-state index in [1.54, 1.807) is 18.5 Å². The second kappa shape index (κ2) is 7.09. The van der Waals surface area contributed by atoms with Gasteiger partial charge in [0.1, 0.15) is 11.3 Å². The van der Waals surface area contributed by atoms with Crippen LogP contribution >= 0.6 is 0 Å².